The number of H-pyrrole nitrogens is 1. The summed E-state index contributed by atoms with van der Waals surface area (Å²) in [6.07, 6.45) is 2.82. The number of benzene rings is 2. The Balaban J connectivity index is 1.59. The minimum Gasteiger partial charge on any atom is -0.496 e. The van der Waals surface area contributed by atoms with E-state index in [-0.39, 0.29) is 11.7 Å². The minimum absolute atomic E-state index is 0.0565. The summed E-state index contributed by atoms with van der Waals surface area (Å²) < 4.78 is 7.26. The van der Waals surface area contributed by atoms with Gasteiger partial charge < -0.3 is 9.72 Å². The van der Waals surface area contributed by atoms with Gasteiger partial charge in [-0.1, -0.05) is 30.3 Å². The highest BCUT2D eigenvalue weighted by atomic mass is 16.5. The van der Waals surface area contributed by atoms with Crippen LogP contribution < -0.4 is 4.74 Å². The van der Waals surface area contributed by atoms with Crippen molar-refractivity contribution >= 4 is 16.8 Å². The van der Waals surface area contributed by atoms with Gasteiger partial charge in [-0.05, 0) is 30.2 Å². The predicted octanol–water partition coefficient (Wildman–Crippen LogP) is 3.67. The van der Waals surface area contributed by atoms with E-state index in [9.17, 15) is 4.79 Å². The molecule has 0 fully saturated rings. The fraction of sp³-hybridized carbons (Fsp3) is 0.190. The van der Waals surface area contributed by atoms with E-state index < -0.39 is 0 Å². The minimum atomic E-state index is 0.0565. The molecule has 0 saturated carbocycles. The Bertz CT molecular complexity index is 1120. The number of aromatic nitrogens is 4. The summed E-state index contributed by atoms with van der Waals surface area (Å²) in [6, 6.07) is 15.7. The number of carbonyl (C=O) groups excluding carboxylic acids is 1. The number of para-hydroxylation sites is 3. The molecule has 1 atom stereocenters. The highest BCUT2D eigenvalue weighted by Gasteiger charge is 2.31. The lowest BCUT2D eigenvalue weighted by atomic mass is 9.82. The van der Waals surface area contributed by atoms with Crippen LogP contribution in [-0.2, 0) is 6.42 Å². The van der Waals surface area contributed by atoms with Crippen LogP contribution in [0.4, 0.5) is 0 Å². The van der Waals surface area contributed by atoms with Crippen LogP contribution in [0.5, 0.6) is 5.75 Å². The molecule has 134 valence electrons. The monoisotopic (exact) mass is 358 g/mol. The molecule has 0 aliphatic heterocycles. The van der Waals surface area contributed by atoms with Crippen LogP contribution in [0.25, 0.3) is 17.0 Å². The van der Waals surface area contributed by atoms with Gasteiger partial charge in [-0.25, -0.2) is 9.67 Å². The number of hydrogen-bond acceptors (Lipinski definition) is 4. The maximum Gasteiger partial charge on any atom is 0.229 e. The van der Waals surface area contributed by atoms with Crippen molar-refractivity contribution in [3.63, 3.8) is 0 Å². The number of methoxy groups -OCH3 is 1. The first-order chi connectivity index (χ1) is 13.2. The number of Topliss-reactive ketones (excluding diaryl/α,β-unsaturated/α-hetero) is 1. The molecule has 2 heterocycles. The molecule has 0 bridgehead atoms. The van der Waals surface area contributed by atoms with Gasteiger partial charge in [0.25, 0.3) is 0 Å². The van der Waals surface area contributed by atoms with E-state index in [1.807, 2.05) is 48.5 Å². The van der Waals surface area contributed by atoms with Crippen molar-refractivity contribution in [2.45, 2.75) is 18.8 Å². The molecule has 0 radical (unpaired) electrons. The second-order valence-corrected chi connectivity index (χ2v) is 6.76. The maximum absolute atomic E-state index is 12.8. The van der Waals surface area contributed by atoms with Crippen molar-refractivity contribution in [2.24, 2.45) is 0 Å². The number of nitrogens with zero attached hydrogens (tertiary/aromatic N) is 3. The molecule has 27 heavy (non-hydrogen) atoms. The van der Waals surface area contributed by atoms with E-state index in [4.69, 9.17) is 4.74 Å². The molecule has 0 saturated heterocycles. The number of ether oxygens (including phenoxy) is 1. The lowest BCUT2D eigenvalue weighted by molar-refractivity contribution is 0.0963. The predicted molar refractivity (Wildman–Crippen MR) is 102 cm³/mol. The molecule has 1 aliphatic carbocycles. The van der Waals surface area contributed by atoms with E-state index in [0.717, 1.165) is 28.0 Å². The first-order valence-electron chi connectivity index (χ1n) is 8.92. The second-order valence-electron chi connectivity index (χ2n) is 6.76. The van der Waals surface area contributed by atoms with Crippen LogP contribution in [0.2, 0.25) is 0 Å². The Morgan fingerprint density at radius 2 is 1.93 bits per heavy atom. The zero-order chi connectivity index (χ0) is 18.4. The van der Waals surface area contributed by atoms with Crippen LogP contribution in [-0.4, -0.2) is 32.6 Å². The number of carbonyl (C=O) groups is 1. The average molecular weight is 358 g/mol. The van der Waals surface area contributed by atoms with Gasteiger partial charge in [0.15, 0.2) is 5.78 Å². The topological polar surface area (TPSA) is 72.8 Å². The molecular weight excluding hydrogens is 340 g/mol. The molecule has 2 aromatic heterocycles. The van der Waals surface area contributed by atoms with Crippen LogP contribution >= 0.6 is 0 Å². The van der Waals surface area contributed by atoms with E-state index in [1.165, 1.54) is 0 Å². The number of rotatable bonds is 3. The Morgan fingerprint density at radius 3 is 2.78 bits per heavy atom. The molecule has 0 spiro atoms. The Hall–Kier alpha value is -3.41. The lowest BCUT2D eigenvalue weighted by Gasteiger charge is -2.23. The highest BCUT2D eigenvalue weighted by molar-refractivity contribution is 5.98. The van der Waals surface area contributed by atoms with Gasteiger partial charge in [-0.2, -0.15) is 5.10 Å². The van der Waals surface area contributed by atoms with Gasteiger partial charge in [0, 0.05) is 12.3 Å². The number of fused-ring (bicyclic) bond motifs is 2. The van der Waals surface area contributed by atoms with E-state index in [2.05, 4.69) is 15.1 Å². The summed E-state index contributed by atoms with van der Waals surface area (Å²) in [6.45, 7) is 0. The van der Waals surface area contributed by atoms with Gasteiger partial charge >= 0.3 is 0 Å². The summed E-state index contributed by atoms with van der Waals surface area (Å²) >= 11 is 0. The zero-order valence-electron chi connectivity index (χ0n) is 14.8. The zero-order valence-corrected chi connectivity index (χ0v) is 14.8. The average Bonchev–Trinajstić information content (AvgIpc) is 3.31. The number of ketones is 1. The smallest absolute Gasteiger partial charge is 0.229 e. The summed E-state index contributed by atoms with van der Waals surface area (Å²) in [5.41, 5.74) is 4.44. The van der Waals surface area contributed by atoms with E-state index in [0.29, 0.717) is 24.4 Å². The van der Waals surface area contributed by atoms with E-state index >= 15 is 0 Å². The molecule has 0 amide bonds. The normalized spacial score (nSPS) is 16.5. The third kappa shape index (κ3) is 2.52. The fourth-order valence-corrected chi connectivity index (χ4v) is 3.89. The molecule has 5 rings (SSSR count). The van der Waals surface area contributed by atoms with Gasteiger partial charge in [0.05, 0.1) is 35.6 Å². The molecule has 4 aromatic rings. The summed E-state index contributed by atoms with van der Waals surface area (Å²) in [5.74, 6) is 1.61. The van der Waals surface area contributed by atoms with Gasteiger partial charge in [-0.15, -0.1) is 0 Å². The molecule has 1 N–H and O–H groups in total. The van der Waals surface area contributed by atoms with Crippen molar-refractivity contribution in [3.05, 3.63) is 71.5 Å². The number of imidazole rings is 1. The molecule has 1 aliphatic rings. The Kier molecular flexibility index (Phi) is 3.57. The maximum atomic E-state index is 12.8. The molecular formula is C21H18N4O2. The number of aromatic amines is 1. The van der Waals surface area contributed by atoms with Crippen molar-refractivity contribution in [1.29, 1.82) is 0 Å². The largest absolute Gasteiger partial charge is 0.496 e. The fourth-order valence-electron chi connectivity index (χ4n) is 3.89. The third-order valence-corrected chi connectivity index (χ3v) is 5.20. The van der Waals surface area contributed by atoms with Crippen molar-refractivity contribution < 1.29 is 9.53 Å². The quantitative estimate of drug-likeness (QED) is 0.606. The molecule has 6 nitrogen and oxygen atoms in total. The van der Waals surface area contributed by atoms with Gasteiger partial charge in [0.2, 0.25) is 5.95 Å². The number of nitrogens with one attached hydrogen (secondary N) is 1. The number of hydrogen-bond donors (Lipinski definition) is 1. The third-order valence-electron chi connectivity index (χ3n) is 5.20. The lowest BCUT2D eigenvalue weighted by Crippen LogP contribution is -2.21. The highest BCUT2D eigenvalue weighted by Crippen LogP contribution is 2.37. The van der Waals surface area contributed by atoms with Crippen LogP contribution in [0.1, 0.15) is 34.0 Å². The second kappa shape index (κ2) is 6.09. The summed E-state index contributed by atoms with van der Waals surface area (Å²) in [7, 11) is 1.66. The molecule has 2 aromatic carbocycles. The Morgan fingerprint density at radius 1 is 1.11 bits per heavy atom. The molecule has 6 heteroatoms. The van der Waals surface area contributed by atoms with Crippen LogP contribution in [0, 0.1) is 0 Å². The van der Waals surface area contributed by atoms with Gasteiger partial charge in [0.1, 0.15) is 5.75 Å². The first-order valence-corrected chi connectivity index (χ1v) is 8.92. The van der Waals surface area contributed by atoms with Crippen molar-refractivity contribution in [2.75, 3.05) is 7.11 Å². The Labute approximate surface area is 155 Å². The van der Waals surface area contributed by atoms with Gasteiger partial charge in [-0.3, -0.25) is 4.79 Å². The molecule has 0 unspecified atom stereocenters. The van der Waals surface area contributed by atoms with Crippen molar-refractivity contribution in [3.8, 4) is 11.7 Å². The van der Waals surface area contributed by atoms with Crippen LogP contribution in [0.15, 0.2) is 54.7 Å². The standard InChI is InChI=1S/C21H18N4O2/c1-27-20-9-5-2-6-14(20)13-10-18-15(19(26)11-13)12-22-25(18)21-23-16-7-3-4-8-17(16)24-21/h2-9,12-13H,10-11H2,1H3,(H,23,24)/t13-/m1/s1. The van der Waals surface area contributed by atoms with Crippen molar-refractivity contribution in [1.82, 2.24) is 19.7 Å². The van der Waals surface area contributed by atoms with Crippen LogP contribution in [0.3, 0.4) is 0 Å². The van der Waals surface area contributed by atoms with E-state index in [1.54, 1.807) is 18.0 Å². The summed E-state index contributed by atoms with van der Waals surface area (Å²) in [4.78, 5) is 20.7. The SMILES string of the molecule is COc1ccccc1[C@H]1CC(=O)c2cnn(-c3nc4ccccc4[nH]3)c2C1. The first kappa shape index (κ1) is 15.8. The summed E-state index contributed by atoms with van der Waals surface area (Å²) in [5, 5.41) is 4.46.